The normalized spacial score (nSPS) is 14.4. The molecular weight excluding hydrogens is 534 g/mol. The Labute approximate surface area is 244 Å². The zero-order valence-electron chi connectivity index (χ0n) is 24.5. The van der Waals surface area contributed by atoms with E-state index in [0.29, 0.717) is 12.1 Å². The number of aryl methyl sites for hydroxylation is 3. The number of carbonyl (C=O) groups is 2. The van der Waals surface area contributed by atoms with Crippen LogP contribution in [-0.2, 0) is 26.0 Å². The maximum absolute atomic E-state index is 14.1. The van der Waals surface area contributed by atoms with Gasteiger partial charge in [-0.1, -0.05) is 73.0 Å². The Morgan fingerprint density at radius 1 is 0.902 bits per heavy atom. The Kier molecular flexibility index (Phi) is 9.86. The van der Waals surface area contributed by atoms with E-state index in [1.165, 1.54) is 9.21 Å². The van der Waals surface area contributed by atoms with Crippen molar-refractivity contribution in [1.29, 1.82) is 0 Å². The Balaban J connectivity index is 1.67. The first-order valence-electron chi connectivity index (χ1n) is 14.4. The van der Waals surface area contributed by atoms with Crippen LogP contribution >= 0.6 is 0 Å². The van der Waals surface area contributed by atoms with Crippen LogP contribution in [0.15, 0.2) is 77.7 Å². The van der Waals surface area contributed by atoms with E-state index < -0.39 is 28.5 Å². The standard InChI is InChI=1S/C33H41N3O4S/c1-24-15-18-30(19-16-24)41(39,40)36(31-22-25(2)14-17-26(31)3)23-32(37)35(21-20-28-10-6-5-7-11-28)27(4)33(38)34-29-12-8-9-13-29/h5-7,10-11,14-19,22,27,29H,8-9,12-13,20-21,23H2,1-4H3,(H,34,38)/t27-/m0/s1. The van der Waals surface area contributed by atoms with E-state index >= 15 is 0 Å². The lowest BCUT2D eigenvalue weighted by Gasteiger charge is -2.33. The number of hydrogen-bond donors (Lipinski definition) is 1. The van der Waals surface area contributed by atoms with Gasteiger partial charge in [-0.05, 0) is 81.8 Å². The van der Waals surface area contributed by atoms with Crippen LogP contribution in [0.2, 0.25) is 0 Å². The summed E-state index contributed by atoms with van der Waals surface area (Å²) in [5.74, 6) is -0.635. The number of sulfonamides is 1. The summed E-state index contributed by atoms with van der Waals surface area (Å²) in [7, 11) is -4.09. The summed E-state index contributed by atoms with van der Waals surface area (Å²) in [5, 5.41) is 3.11. The number of nitrogens with zero attached hydrogens (tertiary/aromatic N) is 2. The van der Waals surface area contributed by atoms with Gasteiger partial charge in [0.2, 0.25) is 11.8 Å². The van der Waals surface area contributed by atoms with Crippen molar-refractivity contribution in [3.05, 3.63) is 95.1 Å². The third-order valence-corrected chi connectivity index (χ3v) is 9.65. The lowest BCUT2D eigenvalue weighted by atomic mass is 10.1. The molecule has 0 aromatic heterocycles. The van der Waals surface area contributed by atoms with Crippen molar-refractivity contribution in [3.63, 3.8) is 0 Å². The molecule has 3 aromatic rings. The maximum atomic E-state index is 14.1. The van der Waals surface area contributed by atoms with Crippen molar-refractivity contribution in [3.8, 4) is 0 Å². The number of anilines is 1. The molecule has 0 saturated heterocycles. The highest BCUT2D eigenvalue weighted by molar-refractivity contribution is 7.92. The topological polar surface area (TPSA) is 86.8 Å². The Morgan fingerprint density at radius 2 is 1.54 bits per heavy atom. The van der Waals surface area contributed by atoms with Gasteiger partial charge in [-0.2, -0.15) is 0 Å². The molecule has 8 heteroatoms. The molecule has 4 rings (SSSR count). The van der Waals surface area contributed by atoms with Gasteiger partial charge in [-0.25, -0.2) is 8.42 Å². The fourth-order valence-electron chi connectivity index (χ4n) is 5.30. The molecule has 41 heavy (non-hydrogen) atoms. The van der Waals surface area contributed by atoms with Crippen LogP contribution < -0.4 is 9.62 Å². The molecule has 0 radical (unpaired) electrons. The molecule has 218 valence electrons. The van der Waals surface area contributed by atoms with Crippen LogP contribution in [0.25, 0.3) is 0 Å². The molecule has 1 saturated carbocycles. The fraction of sp³-hybridized carbons (Fsp3) is 0.394. The third kappa shape index (κ3) is 7.55. The molecular formula is C33H41N3O4S. The second-order valence-corrected chi connectivity index (χ2v) is 13.0. The van der Waals surface area contributed by atoms with Gasteiger partial charge in [-0.15, -0.1) is 0 Å². The van der Waals surface area contributed by atoms with E-state index in [1.807, 2.05) is 63.2 Å². The summed E-state index contributed by atoms with van der Waals surface area (Å²) < 4.78 is 29.3. The highest BCUT2D eigenvalue weighted by Gasteiger charge is 2.33. The van der Waals surface area contributed by atoms with E-state index in [1.54, 1.807) is 37.3 Å². The Hall–Kier alpha value is -3.65. The van der Waals surface area contributed by atoms with Crippen LogP contribution in [0.3, 0.4) is 0 Å². The lowest BCUT2D eigenvalue weighted by Crippen LogP contribution is -2.53. The largest absolute Gasteiger partial charge is 0.352 e. The van der Waals surface area contributed by atoms with Crippen LogP contribution in [0.1, 0.15) is 54.9 Å². The molecule has 3 aromatic carbocycles. The number of nitrogens with one attached hydrogen (secondary N) is 1. The predicted molar refractivity (Wildman–Crippen MR) is 163 cm³/mol. The van der Waals surface area contributed by atoms with E-state index in [2.05, 4.69) is 5.32 Å². The summed E-state index contributed by atoms with van der Waals surface area (Å²) in [6, 6.07) is 21.3. The van der Waals surface area contributed by atoms with Gasteiger partial charge < -0.3 is 10.2 Å². The average molecular weight is 576 g/mol. The summed E-state index contributed by atoms with van der Waals surface area (Å²) in [6.07, 6.45) is 4.58. The highest BCUT2D eigenvalue weighted by atomic mass is 32.2. The van der Waals surface area contributed by atoms with Gasteiger partial charge >= 0.3 is 0 Å². The van der Waals surface area contributed by atoms with Crippen LogP contribution in [0.4, 0.5) is 5.69 Å². The van der Waals surface area contributed by atoms with Gasteiger partial charge in [-0.3, -0.25) is 13.9 Å². The summed E-state index contributed by atoms with van der Waals surface area (Å²) in [5.41, 5.74) is 4.04. The summed E-state index contributed by atoms with van der Waals surface area (Å²) in [4.78, 5) is 29.1. The molecule has 0 unspecified atom stereocenters. The van der Waals surface area contributed by atoms with Crippen LogP contribution in [-0.4, -0.2) is 50.3 Å². The smallest absolute Gasteiger partial charge is 0.264 e. The molecule has 0 spiro atoms. The molecule has 1 atom stereocenters. The van der Waals surface area contributed by atoms with Crippen molar-refractivity contribution in [2.45, 2.75) is 76.8 Å². The SMILES string of the molecule is Cc1ccc(S(=O)(=O)N(CC(=O)N(CCc2ccccc2)[C@@H](C)C(=O)NC2CCCC2)c2cc(C)ccc2C)cc1. The number of hydrogen-bond acceptors (Lipinski definition) is 4. The fourth-order valence-corrected chi connectivity index (χ4v) is 6.77. The minimum absolute atomic E-state index is 0.111. The number of rotatable bonds is 11. The van der Waals surface area contributed by atoms with Crippen molar-refractivity contribution in [2.75, 3.05) is 17.4 Å². The van der Waals surface area contributed by atoms with E-state index in [0.717, 1.165) is 47.9 Å². The molecule has 1 aliphatic carbocycles. The quantitative estimate of drug-likeness (QED) is 0.335. The maximum Gasteiger partial charge on any atom is 0.264 e. The molecule has 0 bridgehead atoms. The van der Waals surface area contributed by atoms with Gasteiger partial charge in [0, 0.05) is 12.6 Å². The molecule has 0 aliphatic heterocycles. The average Bonchev–Trinajstić information content (AvgIpc) is 3.47. The minimum Gasteiger partial charge on any atom is -0.352 e. The first kappa shape index (κ1) is 30.3. The van der Waals surface area contributed by atoms with E-state index in [9.17, 15) is 18.0 Å². The number of amides is 2. The second-order valence-electron chi connectivity index (χ2n) is 11.1. The molecule has 2 amide bonds. The number of benzene rings is 3. The van der Waals surface area contributed by atoms with E-state index in [4.69, 9.17) is 0 Å². The van der Waals surface area contributed by atoms with Gasteiger partial charge in [0.05, 0.1) is 10.6 Å². The van der Waals surface area contributed by atoms with Gasteiger partial charge in [0.25, 0.3) is 10.0 Å². The molecule has 7 nitrogen and oxygen atoms in total. The van der Waals surface area contributed by atoms with Crippen LogP contribution in [0, 0.1) is 20.8 Å². The van der Waals surface area contributed by atoms with Crippen LogP contribution in [0.5, 0.6) is 0 Å². The monoisotopic (exact) mass is 575 g/mol. The lowest BCUT2D eigenvalue weighted by molar-refractivity contribution is -0.139. The highest BCUT2D eigenvalue weighted by Crippen LogP contribution is 2.28. The summed E-state index contributed by atoms with van der Waals surface area (Å²) in [6.45, 7) is 7.21. The van der Waals surface area contributed by atoms with Gasteiger partial charge in [0.1, 0.15) is 12.6 Å². The van der Waals surface area contributed by atoms with Crippen molar-refractivity contribution >= 4 is 27.5 Å². The van der Waals surface area contributed by atoms with E-state index in [-0.39, 0.29) is 23.4 Å². The molecule has 1 N–H and O–H groups in total. The molecule has 1 aliphatic rings. The first-order valence-corrected chi connectivity index (χ1v) is 15.8. The predicted octanol–water partition coefficient (Wildman–Crippen LogP) is 5.33. The first-order chi connectivity index (χ1) is 19.6. The summed E-state index contributed by atoms with van der Waals surface area (Å²) >= 11 is 0. The zero-order valence-corrected chi connectivity index (χ0v) is 25.3. The molecule has 0 heterocycles. The number of carbonyl (C=O) groups excluding carboxylic acids is 2. The zero-order chi connectivity index (χ0) is 29.6. The Bertz CT molecular complexity index is 1450. The van der Waals surface area contributed by atoms with Crippen molar-refractivity contribution in [2.24, 2.45) is 0 Å². The molecule has 1 fully saturated rings. The van der Waals surface area contributed by atoms with Gasteiger partial charge in [0.15, 0.2) is 0 Å². The second kappa shape index (κ2) is 13.3. The minimum atomic E-state index is -4.09. The van der Waals surface area contributed by atoms with Crippen molar-refractivity contribution in [1.82, 2.24) is 10.2 Å². The van der Waals surface area contributed by atoms with Crippen molar-refractivity contribution < 1.29 is 18.0 Å². The third-order valence-electron chi connectivity index (χ3n) is 7.87. The Morgan fingerprint density at radius 3 is 2.20 bits per heavy atom.